The van der Waals surface area contributed by atoms with Crippen molar-refractivity contribution < 1.29 is 9.90 Å². The van der Waals surface area contributed by atoms with Crippen molar-refractivity contribution in [3.63, 3.8) is 0 Å². The zero-order valence-electron chi connectivity index (χ0n) is 11.3. The molecule has 1 aliphatic rings. The van der Waals surface area contributed by atoms with Crippen molar-refractivity contribution in [2.75, 3.05) is 6.61 Å². The number of carbonyl (C=O) groups is 1. The van der Waals surface area contributed by atoms with Crippen molar-refractivity contribution in [1.82, 2.24) is 10.3 Å². The number of hydrogen-bond donors (Lipinski definition) is 2. The highest BCUT2D eigenvalue weighted by molar-refractivity contribution is 8.00. The molecule has 4 nitrogen and oxygen atoms in total. The molecule has 2 rings (SSSR count). The van der Waals surface area contributed by atoms with E-state index in [2.05, 4.69) is 10.3 Å². The predicted octanol–water partition coefficient (Wildman–Crippen LogP) is 1.84. The van der Waals surface area contributed by atoms with Crippen molar-refractivity contribution in [3.8, 4) is 0 Å². The number of amides is 1. The molecule has 0 bridgehead atoms. The van der Waals surface area contributed by atoms with Crippen LogP contribution in [0.3, 0.4) is 0 Å². The van der Waals surface area contributed by atoms with Gasteiger partial charge in [-0.05, 0) is 44.7 Å². The number of pyridine rings is 1. The number of aliphatic hydroxyl groups excluding tert-OH is 1. The van der Waals surface area contributed by atoms with Gasteiger partial charge in [0, 0.05) is 6.20 Å². The van der Waals surface area contributed by atoms with E-state index in [1.807, 2.05) is 32.0 Å². The second-order valence-electron chi connectivity index (χ2n) is 5.27. The van der Waals surface area contributed by atoms with Gasteiger partial charge >= 0.3 is 0 Å². The van der Waals surface area contributed by atoms with Crippen LogP contribution < -0.4 is 5.32 Å². The molecule has 1 fully saturated rings. The first-order chi connectivity index (χ1) is 9.05. The lowest BCUT2D eigenvalue weighted by molar-refractivity contribution is -0.122. The largest absolute Gasteiger partial charge is 0.394 e. The number of rotatable bonds is 6. The third-order valence-electron chi connectivity index (χ3n) is 3.52. The summed E-state index contributed by atoms with van der Waals surface area (Å²) in [6.45, 7) is 3.77. The Hall–Kier alpha value is -1.07. The van der Waals surface area contributed by atoms with Gasteiger partial charge < -0.3 is 10.4 Å². The minimum atomic E-state index is -0.476. The van der Waals surface area contributed by atoms with Crippen LogP contribution in [0.2, 0.25) is 0 Å². The fourth-order valence-electron chi connectivity index (χ4n) is 2.03. The van der Waals surface area contributed by atoms with Crippen LogP contribution in [0.15, 0.2) is 29.4 Å². The van der Waals surface area contributed by atoms with Gasteiger partial charge in [-0.25, -0.2) is 4.98 Å². The Morgan fingerprint density at radius 1 is 1.63 bits per heavy atom. The fraction of sp³-hybridized carbons (Fsp3) is 0.571. The molecule has 2 unspecified atom stereocenters. The second kappa shape index (κ2) is 5.92. The Kier molecular flexibility index (Phi) is 4.47. The molecule has 1 saturated carbocycles. The molecule has 0 aromatic carbocycles. The van der Waals surface area contributed by atoms with E-state index >= 15 is 0 Å². The van der Waals surface area contributed by atoms with Crippen molar-refractivity contribution in [3.05, 3.63) is 24.4 Å². The van der Waals surface area contributed by atoms with E-state index in [0.29, 0.717) is 5.92 Å². The number of nitrogens with one attached hydrogen (secondary N) is 1. The quantitative estimate of drug-likeness (QED) is 0.781. The SMILES string of the molecule is CC(Sc1ccccn1)C(=O)NC(C)(CO)C1CC1. The molecule has 1 heterocycles. The van der Waals surface area contributed by atoms with Gasteiger partial charge in [0.1, 0.15) is 0 Å². The van der Waals surface area contributed by atoms with E-state index in [0.717, 1.165) is 17.9 Å². The molecule has 0 spiro atoms. The van der Waals surface area contributed by atoms with Gasteiger partial charge in [0.05, 0.1) is 22.4 Å². The zero-order valence-corrected chi connectivity index (χ0v) is 12.1. The normalized spacial score (nSPS) is 19.5. The molecule has 1 amide bonds. The number of aromatic nitrogens is 1. The van der Waals surface area contributed by atoms with E-state index < -0.39 is 5.54 Å². The number of nitrogens with zero attached hydrogens (tertiary/aromatic N) is 1. The molecule has 0 aliphatic heterocycles. The smallest absolute Gasteiger partial charge is 0.233 e. The summed E-state index contributed by atoms with van der Waals surface area (Å²) in [5, 5.41) is 13.1. The second-order valence-corrected chi connectivity index (χ2v) is 6.63. The molecule has 2 N–H and O–H groups in total. The minimum absolute atomic E-state index is 0.00954. The molecule has 104 valence electrons. The van der Waals surface area contributed by atoms with E-state index in [1.165, 1.54) is 11.8 Å². The van der Waals surface area contributed by atoms with E-state index in [4.69, 9.17) is 0 Å². The van der Waals surface area contributed by atoms with Crippen LogP contribution in [-0.2, 0) is 4.79 Å². The molecule has 1 aromatic heterocycles. The summed E-state index contributed by atoms with van der Waals surface area (Å²) in [6, 6.07) is 5.65. The summed E-state index contributed by atoms with van der Waals surface area (Å²) in [7, 11) is 0. The summed E-state index contributed by atoms with van der Waals surface area (Å²) >= 11 is 1.43. The summed E-state index contributed by atoms with van der Waals surface area (Å²) < 4.78 is 0. The summed E-state index contributed by atoms with van der Waals surface area (Å²) in [4.78, 5) is 16.4. The van der Waals surface area contributed by atoms with Gasteiger partial charge in [-0.3, -0.25) is 4.79 Å². The van der Waals surface area contributed by atoms with Gasteiger partial charge in [-0.15, -0.1) is 0 Å². The highest BCUT2D eigenvalue weighted by Crippen LogP contribution is 2.39. The van der Waals surface area contributed by atoms with Gasteiger partial charge in [-0.2, -0.15) is 0 Å². The Morgan fingerprint density at radius 2 is 2.37 bits per heavy atom. The first-order valence-electron chi connectivity index (χ1n) is 6.56. The maximum absolute atomic E-state index is 12.2. The van der Waals surface area contributed by atoms with Gasteiger partial charge in [0.15, 0.2) is 0 Å². The summed E-state index contributed by atoms with van der Waals surface area (Å²) in [5.41, 5.74) is -0.476. The van der Waals surface area contributed by atoms with Crippen LogP contribution in [0.4, 0.5) is 0 Å². The molecule has 19 heavy (non-hydrogen) atoms. The minimum Gasteiger partial charge on any atom is -0.394 e. The van der Waals surface area contributed by atoms with Crippen LogP contribution in [0.25, 0.3) is 0 Å². The lowest BCUT2D eigenvalue weighted by Gasteiger charge is -2.30. The third-order valence-corrected chi connectivity index (χ3v) is 4.57. The monoisotopic (exact) mass is 280 g/mol. The first-order valence-corrected chi connectivity index (χ1v) is 7.44. The number of aliphatic hydroxyl groups is 1. The number of carbonyl (C=O) groups excluding carboxylic acids is 1. The molecule has 0 radical (unpaired) electrons. The highest BCUT2D eigenvalue weighted by atomic mass is 32.2. The van der Waals surface area contributed by atoms with Crippen LogP contribution in [0.1, 0.15) is 26.7 Å². The molecule has 0 saturated heterocycles. The third kappa shape index (κ3) is 3.70. The predicted molar refractivity (Wildman–Crippen MR) is 75.9 cm³/mol. The summed E-state index contributed by atoms with van der Waals surface area (Å²) in [6.07, 6.45) is 3.88. The highest BCUT2D eigenvalue weighted by Gasteiger charge is 2.42. The molecular formula is C14H20N2O2S. The Morgan fingerprint density at radius 3 is 2.89 bits per heavy atom. The van der Waals surface area contributed by atoms with Crippen molar-refractivity contribution in [2.45, 2.75) is 42.5 Å². The molecule has 1 aromatic rings. The standard InChI is InChI=1S/C14H20N2O2S/c1-10(19-12-5-3-4-8-15-12)13(18)16-14(2,9-17)11-6-7-11/h3-5,8,10-11,17H,6-7,9H2,1-2H3,(H,16,18). The van der Waals surface area contributed by atoms with E-state index in [9.17, 15) is 9.90 Å². The fourth-order valence-corrected chi connectivity index (χ4v) is 2.83. The first kappa shape index (κ1) is 14.3. The average molecular weight is 280 g/mol. The van der Waals surface area contributed by atoms with Crippen molar-refractivity contribution in [1.29, 1.82) is 0 Å². The maximum Gasteiger partial charge on any atom is 0.233 e. The molecule has 1 aliphatic carbocycles. The number of hydrogen-bond acceptors (Lipinski definition) is 4. The van der Waals surface area contributed by atoms with Gasteiger partial charge in [0.25, 0.3) is 0 Å². The van der Waals surface area contributed by atoms with Crippen LogP contribution in [-0.4, -0.2) is 33.4 Å². The average Bonchev–Trinajstić information content (AvgIpc) is 3.24. The van der Waals surface area contributed by atoms with Gasteiger partial charge in [-0.1, -0.05) is 17.8 Å². The van der Waals surface area contributed by atoms with Crippen molar-refractivity contribution in [2.24, 2.45) is 5.92 Å². The molecule has 5 heteroatoms. The Bertz CT molecular complexity index is 436. The van der Waals surface area contributed by atoms with Gasteiger partial charge in [0.2, 0.25) is 5.91 Å². The van der Waals surface area contributed by atoms with Crippen LogP contribution >= 0.6 is 11.8 Å². The topological polar surface area (TPSA) is 62.2 Å². The maximum atomic E-state index is 12.2. The van der Waals surface area contributed by atoms with E-state index in [-0.39, 0.29) is 17.8 Å². The Labute approximate surface area is 118 Å². The lowest BCUT2D eigenvalue weighted by Crippen LogP contribution is -2.52. The Balaban J connectivity index is 1.92. The molecular weight excluding hydrogens is 260 g/mol. The van der Waals surface area contributed by atoms with E-state index in [1.54, 1.807) is 6.20 Å². The molecule has 2 atom stereocenters. The zero-order chi connectivity index (χ0) is 13.9. The number of thioether (sulfide) groups is 1. The van der Waals surface area contributed by atoms with Crippen molar-refractivity contribution >= 4 is 17.7 Å². The summed E-state index contributed by atoms with van der Waals surface area (Å²) in [5.74, 6) is 0.368. The van der Waals surface area contributed by atoms with Crippen LogP contribution in [0.5, 0.6) is 0 Å². The lowest BCUT2D eigenvalue weighted by atomic mass is 9.97. The van der Waals surface area contributed by atoms with Crippen LogP contribution in [0, 0.1) is 5.92 Å².